The number of carbonyl (C=O) groups excluding carboxylic acids is 1. The lowest BCUT2D eigenvalue weighted by molar-refractivity contribution is -0.121. The van der Waals surface area contributed by atoms with Gasteiger partial charge in [0.25, 0.3) is 0 Å². The minimum atomic E-state index is 0.0916. The summed E-state index contributed by atoms with van der Waals surface area (Å²) in [4.78, 5) is 12.1. The molecule has 1 aromatic rings. The second-order valence-corrected chi connectivity index (χ2v) is 4.72. The predicted molar refractivity (Wildman–Crippen MR) is 72.3 cm³/mol. The van der Waals surface area contributed by atoms with Gasteiger partial charge in [-0.1, -0.05) is 32.0 Å². The van der Waals surface area contributed by atoms with E-state index < -0.39 is 0 Å². The fraction of sp³-hybridized carbons (Fsp3) is 0.533. The van der Waals surface area contributed by atoms with Crippen LogP contribution in [0.1, 0.15) is 30.5 Å². The van der Waals surface area contributed by atoms with Crippen LogP contribution in [-0.2, 0) is 11.2 Å². The maximum atomic E-state index is 12.1. The quantitative estimate of drug-likeness (QED) is 0.818. The van der Waals surface area contributed by atoms with Crippen LogP contribution in [0.5, 0.6) is 0 Å². The van der Waals surface area contributed by atoms with Crippen LogP contribution in [0.4, 0.5) is 0 Å². The highest BCUT2D eigenvalue weighted by Gasteiger charge is 2.14. The summed E-state index contributed by atoms with van der Waals surface area (Å²) in [6.45, 7) is 9.90. The molecule has 0 aromatic heterocycles. The lowest BCUT2D eigenvalue weighted by Gasteiger charge is -2.13. The minimum Gasteiger partial charge on any atom is -0.316 e. The molecule has 0 aliphatic carbocycles. The van der Waals surface area contributed by atoms with Crippen molar-refractivity contribution in [3.8, 4) is 0 Å². The summed E-state index contributed by atoms with van der Waals surface area (Å²) in [6.07, 6.45) is 0.561. The third-order valence-electron chi connectivity index (χ3n) is 3.25. The summed E-state index contributed by atoms with van der Waals surface area (Å²) in [5.74, 6) is 0.414. The van der Waals surface area contributed by atoms with Gasteiger partial charge in [0.15, 0.2) is 0 Å². The van der Waals surface area contributed by atoms with Crippen molar-refractivity contribution >= 4 is 5.78 Å². The molecule has 0 saturated heterocycles. The molecule has 0 amide bonds. The van der Waals surface area contributed by atoms with Crippen molar-refractivity contribution in [1.29, 1.82) is 0 Å². The SMILES string of the molecule is CCNCC(C)C(=O)Cc1c(C)cccc1C. The Morgan fingerprint density at radius 1 is 1.29 bits per heavy atom. The van der Waals surface area contributed by atoms with Gasteiger partial charge in [-0.15, -0.1) is 0 Å². The Labute approximate surface area is 104 Å². The van der Waals surface area contributed by atoms with Crippen LogP contribution in [-0.4, -0.2) is 18.9 Å². The molecule has 0 bridgehead atoms. The Morgan fingerprint density at radius 3 is 2.41 bits per heavy atom. The van der Waals surface area contributed by atoms with E-state index in [4.69, 9.17) is 0 Å². The average molecular weight is 233 g/mol. The molecule has 0 fully saturated rings. The summed E-state index contributed by atoms with van der Waals surface area (Å²) >= 11 is 0. The molecule has 0 spiro atoms. The van der Waals surface area contributed by atoms with Gasteiger partial charge >= 0.3 is 0 Å². The van der Waals surface area contributed by atoms with E-state index in [9.17, 15) is 4.79 Å². The van der Waals surface area contributed by atoms with Crippen LogP contribution >= 0.6 is 0 Å². The van der Waals surface area contributed by atoms with Gasteiger partial charge in [0, 0.05) is 18.9 Å². The summed E-state index contributed by atoms with van der Waals surface area (Å²) < 4.78 is 0. The number of aryl methyl sites for hydroxylation is 2. The van der Waals surface area contributed by atoms with Crippen molar-refractivity contribution in [3.63, 3.8) is 0 Å². The number of nitrogens with one attached hydrogen (secondary N) is 1. The molecule has 0 heterocycles. The first-order valence-electron chi connectivity index (χ1n) is 6.34. The first kappa shape index (κ1) is 13.9. The molecule has 1 unspecified atom stereocenters. The third kappa shape index (κ3) is 3.97. The van der Waals surface area contributed by atoms with Gasteiger partial charge in [-0.2, -0.15) is 0 Å². The van der Waals surface area contributed by atoms with E-state index in [1.54, 1.807) is 0 Å². The monoisotopic (exact) mass is 233 g/mol. The molecule has 17 heavy (non-hydrogen) atoms. The number of hydrogen-bond acceptors (Lipinski definition) is 2. The van der Waals surface area contributed by atoms with Crippen molar-refractivity contribution in [1.82, 2.24) is 5.32 Å². The summed E-state index contributed by atoms with van der Waals surface area (Å²) in [5.41, 5.74) is 3.63. The van der Waals surface area contributed by atoms with Gasteiger partial charge in [-0.05, 0) is 37.1 Å². The smallest absolute Gasteiger partial charge is 0.141 e. The van der Waals surface area contributed by atoms with Crippen molar-refractivity contribution < 1.29 is 4.79 Å². The van der Waals surface area contributed by atoms with E-state index >= 15 is 0 Å². The Kier molecular flexibility index (Phi) is 5.36. The lowest BCUT2D eigenvalue weighted by atomic mass is 9.93. The Morgan fingerprint density at radius 2 is 1.88 bits per heavy atom. The van der Waals surface area contributed by atoms with Gasteiger partial charge in [0.05, 0.1) is 0 Å². The first-order chi connectivity index (χ1) is 8.06. The molecule has 1 aromatic carbocycles. The van der Waals surface area contributed by atoms with Crippen LogP contribution in [0.25, 0.3) is 0 Å². The van der Waals surface area contributed by atoms with Crippen molar-refractivity contribution in [2.45, 2.75) is 34.1 Å². The molecule has 1 N–H and O–H groups in total. The molecule has 0 saturated carbocycles. The van der Waals surface area contributed by atoms with Crippen LogP contribution in [0.2, 0.25) is 0 Å². The predicted octanol–water partition coefficient (Wildman–Crippen LogP) is 2.66. The van der Waals surface area contributed by atoms with Crippen molar-refractivity contribution in [2.24, 2.45) is 5.92 Å². The van der Waals surface area contributed by atoms with Gasteiger partial charge in [-0.3, -0.25) is 4.79 Å². The van der Waals surface area contributed by atoms with E-state index in [-0.39, 0.29) is 5.92 Å². The van der Waals surface area contributed by atoms with E-state index in [2.05, 4.69) is 38.2 Å². The Hall–Kier alpha value is -1.15. The highest BCUT2D eigenvalue weighted by atomic mass is 16.1. The molecule has 1 rings (SSSR count). The van der Waals surface area contributed by atoms with Crippen LogP contribution in [0.15, 0.2) is 18.2 Å². The molecule has 1 atom stereocenters. The first-order valence-corrected chi connectivity index (χ1v) is 6.34. The standard InChI is InChI=1S/C15H23NO/c1-5-16-10-13(4)15(17)9-14-11(2)7-6-8-12(14)3/h6-8,13,16H,5,9-10H2,1-4H3. The summed E-state index contributed by atoms with van der Waals surface area (Å²) in [5, 5.41) is 3.22. The number of Topliss-reactive ketones (excluding diaryl/α,β-unsaturated/α-hetero) is 1. The second-order valence-electron chi connectivity index (χ2n) is 4.72. The topological polar surface area (TPSA) is 29.1 Å². The van der Waals surface area contributed by atoms with Crippen LogP contribution in [0, 0.1) is 19.8 Å². The highest BCUT2D eigenvalue weighted by Crippen LogP contribution is 2.15. The fourth-order valence-corrected chi connectivity index (χ4v) is 1.95. The zero-order valence-electron chi connectivity index (χ0n) is 11.3. The van der Waals surface area contributed by atoms with Crippen LogP contribution in [0.3, 0.4) is 0 Å². The second kappa shape index (κ2) is 6.55. The molecule has 0 radical (unpaired) electrons. The molecule has 2 nitrogen and oxygen atoms in total. The summed E-state index contributed by atoms with van der Waals surface area (Å²) in [6, 6.07) is 6.19. The van der Waals surface area contributed by atoms with E-state index in [1.165, 1.54) is 16.7 Å². The van der Waals surface area contributed by atoms with Crippen LogP contribution < -0.4 is 5.32 Å². The van der Waals surface area contributed by atoms with Gasteiger partial charge < -0.3 is 5.32 Å². The van der Waals surface area contributed by atoms with Gasteiger partial charge in [0.1, 0.15) is 5.78 Å². The van der Waals surface area contributed by atoms with E-state index in [1.807, 2.05) is 13.0 Å². The fourth-order valence-electron chi connectivity index (χ4n) is 1.95. The molecular weight excluding hydrogens is 210 g/mol. The molecule has 2 heteroatoms. The Bertz CT molecular complexity index is 364. The molecular formula is C15H23NO. The van der Waals surface area contributed by atoms with Gasteiger partial charge in [0.2, 0.25) is 0 Å². The average Bonchev–Trinajstić information content (AvgIpc) is 2.30. The maximum absolute atomic E-state index is 12.1. The molecule has 0 aliphatic rings. The number of hydrogen-bond donors (Lipinski definition) is 1. The zero-order valence-corrected chi connectivity index (χ0v) is 11.3. The molecule has 94 valence electrons. The molecule has 0 aliphatic heterocycles. The number of benzene rings is 1. The van der Waals surface area contributed by atoms with Crippen molar-refractivity contribution in [3.05, 3.63) is 34.9 Å². The van der Waals surface area contributed by atoms with Gasteiger partial charge in [-0.25, -0.2) is 0 Å². The van der Waals surface area contributed by atoms with Crippen molar-refractivity contribution in [2.75, 3.05) is 13.1 Å². The number of ketones is 1. The normalized spacial score (nSPS) is 12.5. The maximum Gasteiger partial charge on any atom is 0.141 e. The highest BCUT2D eigenvalue weighted by molar-refractivity contribution is 5.83. The van der Waals surface area contributed by atoms with E-state index in [0.717, 1.165) is 13.1 Å². The summed E-state index contributed by atoms with van der Waals surface area (Å²) in [7, 11) is 0. The van der Waals surface area contributed by atoms with E-state index in [0.29, 0.717) is 12.2 Å². The lowest BCUT2D eigenvalue weighted by Crippen LogP contribution is -2.27. The third-order valence-corrected chi connectivity index (χ3v) is 3.25. The number of rotatable bonds is 6. The minimum absolute atomic E-state index is 0.0916. The largest absolute Gasteiger partial charge is 0.316 e. The zero-order chi connectivity index (χ0) is 12.8. The Balaban J connectivity index is 2.68. The number of carbonyl (C=O) groups is 1.